The molecule has 0 fully saturated rings. The molecule has 1 rings (SSSR count). The topological polar surface area (TPSA) is 83.5 Å². The fraction of sp³-hybridized carbons (Fsp3) is 0.385. The number of carboxylic acid groups (broad SMARTS) is 1. The van der Waals surface area contributed by atoms with Crippen molar-refractivity contribution in [2.45, 2.75) is 25.6 Å². The Morgan fingerprint density at radius 1 is 1.32 bits per heavy atom. The van der Waals surface area contributed by atoms with Gasteiger partial charge in [0.05, 0.1) is 5.75 Å². The maximum atomic E-state index is 11.9. The number of benzene rings is 1. The van der Waals surface area contributed by atoms with Gasteiger partial charge in [0.1, 0.15) is 6.04 Å². The molecule has 6 heteroatoms. The molecule has 19 heavy (non-hydrogen) atoms. The van der Waals surface area contributed by atoms with Gasteiger partial charge in [-0.05, 0) is 12.5 Å². The van der Waals surface area contributed by atoms with Crippen molar-refractivity contribution in [2.75, 3.05) is 5.75 Å². The SMILES string of the molecule is CC(=O)NC(CS(=O)Cc1ccc(C)cc1)C(=O)O. The summed E-state index contributed by atoms with van der Waals surface area (Å²) in [5.74, 6) is -1.43. The average molecular weight is 283 g/mol. The Kier molecular flexibility index (Phi) is 5.69. The summed E-state index contributed by atoms with van der Waals surface area (Å²) in [6, 6.07) is 6.44. The number of rotatable bonds is 6. The molecule has 0 aliphatic heterocycles. The lowest BCUT2D eigenvalue weighted by atomic mass is 10.2. The number of hydrogen-bond acceptors (Lipinski definition) is 3. The van der Waals surface area contributed by atoms with E-state index < -0.39 is 28.7 Å². The van der Waals surface area contributed by atoms with Crippen LogP contribution in [0.2, 0.25) is 0 Å². The van der Waals surface area contributed by atoms with Crippen LogP contribution in [0, 0.1) is 6.92 Å². The lowest BCUT2D eigenvalue weighted by Crippen LogP contribution is -2.43. The molecule has 0 saturated carbocycles. The molecule has 104 valence electrons. The van der Waals surface area contributed by atoms with Crippen molar-refractivity contribution in [3.05, 3.63) is 35.4 Å². The zero-order chi connectivity index (χ0) is 14.4. The van der Waals surface area contributed by atoms with Gasteiger partial charge in [0.2, 0.25) is 5.91 Å². The summed E-state index contributed by atoms with van der Waals surface area (Å²) >= 11 is 0. The molecule has 0 aromatic heterocycles. The highest BCUT2D eigenvalue weighted by molar-refractivity contribution is 7.84. The number of amides is 1. The maximum Gasteiger partial charge on any atom is 0.327 e. The molecule has 1 aromatic rings. The Morgan fingerprint density at radius 3 is 2.37 bits per heavy atom. The van der Waals surface area contributed by atoms with E-state index in [0.29, 0.717) is 0 Å². The zero-order valence-electron chi connectivity index (χ0n) is 10.9. The van der Waals surface area contributed by atoms with E-state index in [2.05, 4.69) is 5.32 Å². The number of carbonyl (C=O) groups is 2. The van der Waals surface area contributed by atoms with Gasteiger partial charge in [0.25, 0.3) is 0 Å². The van der Waals surface area contributed by atoms with E-state index in [4.69, 9.17) is 5.11 Å². The van der Waals surface area contributed by atoms with Gasteiger partial charge in [-0.3, -0.25) is 9.00 Å². The van der Waals surface area contributed by atoms with Crippen LogP contribution >= 0.6 is 0 Å². The second-order valence-electron chi connectivity index (χ2n) is 4.33. The Labute approximate surface area is 114 Å². The minimum atomic E-state index is -1.34. The Hall–Kier alpha value is -1.69. The van der Waals surface area contributed by atoms with Gasteiger partial charge in [-0.25, -0.2) is 4.79 Å². The first kappa shape index (κ1) is 15.4. The zero-order valence-corrected chi connectivity index (χ0v) is 11.7. The number of aryl methyl sites for hydroxylation is 1. The summed E-state index contributed by atoms with van der Waals surface area (Å²) in [5, 5.41) is 11.2. The van der Waals surface area contributed by atoms with Gasteiger partial charge in [0, 0.05) is 23.5 Å². The van der Waals surface area contributed by atoms with Crippen molar-refractivity contribution in [1.29, 1.82) is 0 Å². The van der Waals surface area contributed by atoms with Crippen LogP contribution in [0.1, 0.15) is 18.1 Å². The van der Waals surface area contributed by atoms with Gasteiger partial charge < -0.3 is 10.4 Å². The van der Waals surface area contributed by atoms with Gasteiger partial charge in [-0.2, -0.15) is 0 Å². The Bertz CT molecular complexity index is 484. The third kappa shape index (κ3) is 5.65. The molecule has 0 radical (unpaired) electrons. The minimum absolute atomic E-state index is 0.0945. The lowest BCUT2D eigenvalue weighted by Gasteiger charge is -2.12. The van der Waals surface area contributed by atoms with E-state index in [0.717, 1.165) is 11.1 Å². The first-order chi connectivity index (χ1) is 8.88. The molecule has 1 aromatic carbocycles. The first-order valence-electron chi connectivity index (χ1n) is 5.79. The van der Waals surface area contributed by atoms with E-state index in [1.807, 2.05) is 31.2 Å². The highest BCUT2D eigenvalue weighted by Gasteiger charge is 2.21. The van der Waals surface area contributed by atoms with Gasteiger partial charge in [0.15, 0.2) is 0 Å². The maximum absolute atomic E-state index is 11.9. The van der Waals surface area contributed by atoms with Crippen LogP contribution in [0.3, 0.4) is 0 Å². The summed E-state index contributed by atoms with van der Waals surface area (Å²) in [6.45, 7) is 3.19. The van der Waals surface area contributed by atoms with Crippen molar-refractivity contribution in [3.8, 4) is 0 Å². The van der Waals surface area contributed by atoms with E-state index in [1.54, 1.807) is 0 Å². The molecule has 0 heterocycles. The number of carboxylic acids is 1. The summed E-state index contributed by atoms with van der Waals surface area (Å²) < 4.78 is 11.9. The van der Waals surface area contributed by atoms with Crippen LogP contribution in [0.15, 0.2) is 24.3 Å². The monoisotopic (exact) mass is 283 g/mol. The Morgan fingerprint density at radius 2 is 1.89 bits per heavy atom. The minimum Gasteiger partial charge on any atom is -0.480 e. The molecule has 0 saturated heterocycles. The molecule has 1 amide bonds. The molecular weight excluding hydrogens is 266 g/mol. The summed E-state index contributed by atoms with van der Waals surface area (Å²) in [6.07, 6.45) is 0. The van der Waals surface area contributed by atoms with Crippen molar-refractivity contribution in [1.82, 2.24) is 5.32 Å². The van der Waals surface area contributed by atoms with Crippen LogP contribution in [0.4, 0.5) is 0 Å². The van der Waals surface area contributed by atoms with Crippen LogP contribution in [-0.4, -0.2) is 33.0 Å². The molecule has 5 nitrogen and oxygen atoms in total. The molecule has 0 bridgehead atoms. The first-order valence-corrected chi connectivity index (χ1v) is 7.27. The third-order valence-electron chi connectivity index (χ3n) is 2.48. The quantitative estimate of drug-likeness (QED) is 0.810. The molecular formula is C13H17NO4S. The molecule has 2 N–H and O–H groups in total. The number of aliphatic carboxylic acids is 1. The third-order valence-corrected chi connectivity index (χ3v) is 3.84. The second-order valence-corrected chi connectivity index (χ2v) is 5.83. The predicted octanol–water partition coefficient (Wildman–Crippen LogP) is 0.833. The fourth-order valence-corrected chi connectivity index (χ4v) is 2.81. The molecule has 2 unspecified atom stereocenters. The van der Waals surface area contributed by atoms with Gasteiger partial charge in [-0.15, -0.1) is 0 Å². The fourth-order valence-electron chi connectivity index (χ4n) is 1.54. The molecule has 0 aliphatic carbocycles. The highest BCUT2D eigenvalue weighted by atomic mass is 32.2. The highest BCUT2D eigenvalue weighted by Crippen LogP contribution is 2.07. The van der Waals surface area contributed by atoms with Crippen LogP contribution < -0.4 is 5.32 Å². The van der Waals surface area contributed by atoms with Gasteiger partial charge in [-0.1, -0.05) is 29.8 Å². The number of nitrogens with one attached hydrogen (secondary N) is 1. The van der Waals surface area contributed by atoms with Crippen molar-refractivity contribution >= 4 is 22.7 Å². The van der Waals surface area contributed by atoms with E-state index in [1.165, 1.54) is 6.92 Å². The largest absolute Gasteiger partial charge is 0.480 e. The van der Waals surface area contributed by atoms with E-state index >= 15 is 0 Å². The smallest absolute Gasteiger partial charge is 0.327 e. The molecule has 2 atom stereocenters. The molecule has 0 aliphatic rings. The number of hydrogen-bond donors (Lipinski definition) is 2. The lowest BCUT2D eigenvalue weighted by molar-refractivity contribution is -0.140. The van der Waals surface area contributed by atoms with Crippen LogP contribution in [-0.2, 0) is 26.1 Å². The Balaban J connectivity index is 2.59. The average Bonchev–Trinajstić information content (AvgIpc) is 2.30. The van der Waals surface area contributed by atoms with Crippen LogP contribution in [0.25, 0.3) is 0 Å². The predicted molar refractivity (Wildman–Crippen MR) is 73.1 cm³/mol. The van der Waals surface area contributed by atoms with Crippen molar-refractivity contribution in [3.63, 3.8) is 0 Å². The van der Waals surface area contributed by atoms with Crippen molar-refractivity contribution < 1.29 is 18.9 Å². The molecule has 0 spiro atoms. The van der Waals surface area contributed by atoms with Crippen molar-refractivity contribution in [2.24, 2.45) is 0 Å². The second kappa shape index (κ2) is 7.04. The summed E-state index contributed by atoms with van der Waals surface area (Å²) in [5.41, 5.74) is 1.99. The summed E-state index contributed by atoms with van der Waals surface area (Å²) in [4.78, 5) is 21.8. The van der Waals surface area contributed by atoms with Gasteiger partial charge >= 0.3 is 5.97 Å². The summed E-state index contributed by atoms with van der Waals surface area (Å²) in [7, 11) is -1.34. The van der Waals surface area contributed by atoms with E-state index in [-0.39, 0.29) is 11.5 Å². The normalized spacial score (nSPS) is 13.6. The standard InChI is InChI=1S/C13H17NO4S/c1-9-3-5-11(6-4-9)7-19(18)8-12(13(16)17)14-10(2)15/h3-6,12H,7-8H2,1-2H3,(H,14,15)(H,16,17). The number of carbonyl (C=O) groups excluding carboxylic acids is 1. The van der Waals surface area contributed by atoms with Crippen LogP contribution in [0.5, 0.6) is 0 Å². The van der Waals surface area contributed by atoms with E-state index in [9.17, 15) is 13.8 Å².